The fraction of sp³-hybridized carbons (Fsp3) is 0.346. The molecule has 0 aliphatic carbocycles. The Kier molecular flexibility index (Phi) is 20.6. The van der Waals surface area contributed by atoms with Crippen LogP contribution >= 0.6 is 0 Å². The third-order valence-corrected chi connectivity index (χ3v) is 11.8. The lowest BCUT2D eigenvalue weighted by molar-refractivity contribution is -0.141. The Labute approximate surface area is 435 Å². The van der Waals surface area contributed by atoms with Crippen molar-refractivity contribution in [2.24, 2.45) is 16.9 Å². The van der Waals surface area contributed by atoms with Gasteiger partial charge in [0.05, 0.1) is 18.9 Å². The van der Waals surface area contributed by atoms with Crippen LogP contribution in [0.2, 0.25) is 0 Å². The van der Waals surface area contributed by atoms with E-state index in [0.29, 0.717) is 16.2 Å². The highest BCUT2D eigenvalue weighted by Crippen LogP contribution is 2.41. The van der Waals surface area contributed by atoms with Gasteiger partial charge in [-0.1, -0.05) is 81.4 Å². The van der Waals surface area contributed by atoms with E-state index in [-0.39, 0.29) is 37.4 Å². The Bertz CT molecular complexity index is 2800. The lowest BCUT2D eigenvalue weighted by Gasteiger charge is -2.41. The zero-order chi connectivity index (χ0) is 55.7. The molecule has 0 unspecified atom stereocenters. The number of benzene rings is 3. The maximum atomic E-state index is 15.4. The first-order valence-corrected chi connectivity index (χ1v) is 23.9. The van der Waals surface area contributed by atoms with E-state index in [9.17, 15) is 57.4 Å². The van der Waals surface area contributed by atoms with Crippen LogP contribution in [-0.4, -0.2) is 130 Å². The molecule has 1 aromatic heterocycles. The van der Waals surface area contributed by atoms with E-state index in [1.165, 1.54) is 4.90 Å². The molecule has 1 aliphatic rings. The van der Waals surface area contributed by atoms with Crippen LogP contribution in [0.15, 0.2) is 103 Å². The highest BCUT2D eigenvalue weighted by molar-refractivity contribution is 6.14. The number of hydrogen-bond acceptors (Lipinski definition) is 12. The maximum absolute atomic E-state index is 15.4. The first-order chi connectivity index (χ1) is 36.0. The zero-order valence-corrected chi connectivity index (χ0v) is 41.9. The first-order valence-electron chi connectivity index (χ1n) is 23.9. The number of hydrogen-bond donors (Lipinski definition) is 8. The molecule has 0 fully saturated rings. The lowest BCUT2D eigenvalue weighted by atomic mass is 9.82. The minimum Gasteiger partial charge on any atom is -0.445 e. The molecule has 0 bridgehead atoms. The second-order valence-corrected chi connectivity index (χ2v) is 18.6. The van der Waals surface area contributed by atoms with Gasteiger partial charge in [-0.05, 0) is 47.2 Å². The number of alkyl carbamates (subject to hydrolysis) is 1. The molecule has 4 atom stereocenters. The third-order valence-electron chi connectivity index (χ3n) is 11.8. The number of halogens is 2. The summed E-state index contributed by atoms with van der Waals surface area (Å²) in [4.78, 5) is 131. The summed E-state index contributed by atoms with van der Waals surface area (Å²) in [5.41, 5.74) is 12.0. The first kappa shape index (κ1) is 58.1. The van der Waals surface area contributed by atoms with Crippen LogP contribution in [0, 0.1) is 17.0 Å². The molecular weight excluding hydrogens is 995 g/mol. The summed E-state index contributed by atoms with van der Waals surface area (Å²) in [5.74, 6) is -9.85. The molecule has 24 heteroatoms. The van der Waals surface area contributed by atoms with Crippen molar-refractivity contribution in [2.75, 3.05) is 32.8 Å². The summed E-state index contributed by atoms with van der Waals surface area (Å²) in [7, 11) is 0. The van der Waals surface area contributed by atoms with Crippen molar-refractivity contribution < 1.29 is 66.6 Å². The van der Waals surface area contributed by atoms with E-state index in [1.807, 2.05) is 18.2 Å². The Morgan fingerprint density at radius 3 is 1.97 bits per heavy atom. The fourth-order valence-electron chi connectivity index (χ4n) is 8.19. The number of aliphatic hydroxyl groups excluding tert-OH is 1. The van der Waals surface area contributed by atoms with Gasteiger partial charge in [0.15, 0.2) is 0 Å². The molecule has 4 aromatic rings. The molecule has 5 rings (SSSR count). The van der Waals surface area contributed by atoms with Crippen LogP contribution in [0.3, 0.4) is 0 Å². The topological polar surface area (TPSA) is 324 Å². The number of ether oxygens (including phenoxy) is 1. The normalized spacial score (nSPS) is 13.7. The molecule has 0 saturated carbocycles. The van der Waals surface area contributed by atoms with Crippen LogP contribution in [0.5, 0.6) is 0 Å². The Morgan fingerprint density at radius 1 is 0.737 bits per heavy atom. The molecule has 10 N–H and O–H groups in total. The van der Waals surface area contributed by atoms with Crippen molar-refractivity contribution in [3.8, 4) is 11.1 Å². The third kappa shape index (κ3) is 16.9. The Morgan fingerprint density at radius 2 is 1.37 bits per heavy atom. The van der Waals surface area contributed by atoms with E-state index in [1.54, 1.807) is 80.1 Å². The number of nitrogens with one attached hydrogen (secondary N) is 5. The number of aliphatic hydroxyl groups is 1. The van der Waals surface area contributed by atoms with Crippen LogP contribution in [0.4, 0.5) is 13.6 Å². The standard InChI is InChI=1S/C52H60F2N10O12/c1-52(2,3)47(40-22-33(35-23-34(53)14-15-36(35)54)27-62(40)26-31-10-6-4-7-11-31)63(46(71)29-65)21-18-37(49(73)58-20-19-57-43(68)28-64-44(69)16-17-45(64)70)60-50(74)39(24-41(55)66)59-42(67)25-38(48(56)72)61-51(75)76-30-32-12-8-5-9-13-32/h4-17,22-23,27,37-39,47,65H,18-21,24-26,28-30H2,1-3H3,(H2,55,66)(H2,56,72)(H,57,68)(H,58,73)(H,59,67)(H,60,74)(H,61,75)/t37-,38-,39-,47-/m0/s1. The van der Waals surface area contributed by atoms with E-state index in [2.05, 4.69) is 26.6 Å². The van der Waals surface area contributed by atoms with Gasteiger partial charge in [0.1, 0.15) is 49.5 Å². The van der Waals surface area contributed by atoms with Crippen molar-refractivity contribution in [1.82, 2.24) is 41.0 Å². The summed E-state index contributed by atoms with van der Waals surface area (Å²) in [6, 6.07) is 16.0. The molecule has 10 amide bonds. The number of nitrogens with zero attached hydrogens (tertiary/aromatic N) is 3. The highest BCUT2D eigenvalue weighted by Gasteiger charge is 2.39. The van der Waals surface area contributed by atoms with Gasteiger partial charge in [-0.25, -0.2) is 13.6 Å². The largest absolute Gasteiger partial charge is 0.445 e. The fourth-order valence-corrected chi connectivity index (χ4v) is 8.19. The van der Waals surface area contributed by atoms with E-state index in [4.69, 9.17) is 16.2 Å². The zero-order valence-electron chi connectivity index (χ0n) is 41.9. The van der Waals surface area contributed by atoms with Crippen LogP contribution < -0.4 is 38.1 Å². The molecule has 2 heterocycles. The van der Waals surface area contributed by atoms with E-state index >= 15 is 4.39 Å². The van der Waals surface area contributed by atoms with Crippen molar-refractivity contribution in [3.05, 3.63) is 132 Å². The second kappa shape index (κ2) is 26.9. The minimum absolute atomic E-state index is 0.0771. The molecular formula is C52H60F2N10O12. The monoisotopic (exact) mass is 1050 g/mol. The van der Waals surface area contributed by atoms with Gasteiger partial charge in [-0.3, -0.25) is 48.1 Å². The predicted octanol–water partition coefficient (Wildman–Crippen LogP) is 0.953. The summed E-state index contributed by atoms with van der Waals surface area (Å²) in [5, 5.41) is 22.4. The lowest BCUT2D eigenvalue weighted by Crippen LogP contribution is -2.57. The number of amides is 10. The average molecular weight is 1060 g/mol. The van der Waals surface area contributed by atoms with Gasteiger partial charge in [-0.15, -0.1) is 0 Å². The summed E-state index contributed by atoms with van der Waals surface area (Å²) >= 11 is 0. The number of primary amides is 2. The van der Waals surface area contributed by atoms with Gasteiger partial charge in [-0.2, -0.15) is 0 Å². The summed E-state index contributed by atoms with van der Waals surface area (Å²) in [6.45, 7) is 2.73. The smallest absolute Gasteiger partial charge is 0.408 e. The average Bonchev–Trinajstić information content (AvgIpc) is 3.92. The molecule has 404 valence electrons. The quantitative estimate of drug-likeness (QED) is 0.0322. The highest BCUT2D eigenvalue weighted by atomic mass is 19.1. The number of carbonyl (C=O) groups is 10. The predicted molar refractivity (Wildman–Crippen MR) is 268 cm³/mol. The number of carbonyl (C=O) groups excluding carboxylic acids is 10. The van der Waals surface area contributed by atoms with Crippen molar-refractivity contribution in [1.29, 1.82) is 0 Å². The van der Waals surface area contributed by atoms with Gasteiger partial charge >= 0.3 is 6.09 Å². The number of rotatable bonds is 26. The second-order valence-electron chi connectivity index (χ2n) is 18.6. The molecule has 22 nitrogen and oxygen atoms in total. The van der Waals surface area contributed by atoms with Crippen molar-refractivity contribution in [2.45, 2.75) is 77.4 Å². The molecule has 0 spiro atoms. The van der Waals surface area contributed by atoms with E-state index in [0.717, 1.165) is 35.9 Å². The summed E-state index contributed by atoms with van der Waals surface area (Å²) in [6.07, 6.45) is 0.349. The maximum Gasteiger partial charge on any atom is 0.408 e. The SMILES string of the molecule is CC(C)(C)[C@H](c1cc(-c2cc(F)ccc2F)cn1Cc1ccccc1)N(CC[C@H](NC(=O)[C@H](CC(N)=O)NC(=O)C[C@H](NC(=O)OCc1ccccc1)C(N)=O)C(=O)NCCNC(=O)CN1C(=O)C=CC1=O)C(=O)CO. The van der Waals surface area contributed by atoms with Gasteiger partial charge in [0.2, 0.25) is 41.4 Å². The number of nitrogens with two attached hydrogens (primary N) is 2. The molecule has 1 aliphatic heterocycles. The van der Waals surface area contributed by atoms with Gasteiger partial charge in [0, 0.05) is 61.3 Å². The van der Waals surface area contributed by atoms with Crippen LogP contribution in [-0.2, 0) is 61.0 Å². The Balaban J connectivity index is 1.42. The molecule has 76 heavy (non-hydrogen) atoms. The van der Waals surface area contributed by atoms with Gasteiger partial charge in [0.25, 0.3) is 11.8 Å². The van der Waals surface area contributed by atoms with E-state index < -0.39 is 139 Å². The minimum atomic E-state index is -1.82. The molecule has 0 saturated heterocycles. The summed E-state index contributed by atoms with van der Waals surface area (Å²) < 4.78 is 36.8. The van der Waals surface area contributed by atoms with Crippen LogP contribution in [0.1, 0.15) is 62.9 Å². The molecule has 3 aromatic carbocycles. The number of aromatic nitrogens is 1. The number of imide groups is 1. The molecule has 0 radical (unpaired) electrons. The Hall–Kier alpha value is -8.80. The van der Waals surface area contributed by atoms with Gasteiger partial charge < -0.3 is 57.4 Å². The van der Waals surface area contributed by atoms with Crippen molar-refractivity contribution in [3.63, 3.8) is 0 Å². The van der Waals surface area contributed by atoms with Crippen molar-refractivity contribution >= 4 is 59.3 Å². The van der Waals surface area contributed by atoms with Crippen LogP contribution in [0.25, 0.3) is 11.1 Å².